The predicted octanol–water partition coefficient (Wildman–Crippen LogP) is 5.16. The van der Waals surface area contributed by atoms with E-state index in [9.17, 15) is 8.78 Å². The van der Waals surface area contributed by atoms with Crippen LogP contribution < -0.4 is 5.73 Å². The molecule has 35 heavy (non-hydrogen) atoms. The summed E-state index contributed by atoms with van der Waals surface area (Å²) in [5, 5.41) is 8.84. The Labute approximate surface area is 201 Å². The molecule has 3 heterocycles. The predicted molar refractivity (Wildman–Crippen MR) is 126 cm³/mol. The molecule has 2 atom stereocenters. The number of hydrogen-bond acceptors (Lipinski definition) is 7. The van der Waals surface area contributed by atoms with Crippen LogP contribution >= 0.6 is 0 Å². The maximum Gasteiger partial charge on any atom is 0.246 e. The largest absolute Gasteiger partial charge is 0.443 e. The van der Waals surface area contributed by atoms with Gasteiger partial charge in [-0.3, -0.25) is 4.98 Å². The van der Waals surface area contributed by atoms with Crippen molar-refractivity contribution < 1.29 is 13.2 Å². The fourth-order valence-electron chi connectivity index (χ4n) is 5.13. The van der Waals surface area contributed by atoms with Crippen LogP contribution in [0.15, 0.2) is 47.3 Å². The van der Waals surface area contributed by atoms with Crippen molar-refractivity contribution in [2.75, 3.05) is 0 Å². The molecule has 9 heteroatoms. The monoisotopic (exact) mass is 476 g/mol. The third-order valence-electron chi connectivity index (χ3n) is 7.34. The van der Waals surface area contributed by atoms with Gasteiger partial charge in [-0.1, -0.05) is 26.8 Å². The van der Waals surface area contributed by atoms with E-state index < -0.39 is 17.0 Å². The van der Waals surface area contributed by atoms with Gasteiger partial charge < -0.3 is 10.2 Å². The minimum Gasteiger partial charge on any atom is -0.443 e. The van der Waals surface area contributed by atoms with Gasteiger partial charge >= 0.3 is 0 Å². The van der Waals surface area contributed by atoms with Gasteiger partial charge in [-0.05, 0) is 48.4 Å². The molecule has 0 unspecified atom stereocenters. The number of halogens is 2. The Kier molecular flexibility index (Phi) is 5.47. The highest BCUT2D eigenvalue weighted by atomic mass is 19.1. The highest BCUT2D eigenvalue weighted by Gasteiger charge is 2.52. The molecule has 180 valence electrons. The number of nitrogens with zero attached hydrogens (tertiary/aromatic N) is 5. The first kappa shape index (κ1) is 23.2. The Bertz CT molecular complexity index is 1400. The summed E-state index contributed by atoms with van der Waals surface area (Å²) < 4.78 is 34.5. The van der Waals surface area contributed by atoms with Gasteiger partial charge in [0.2, 0.25) is 5.89 Å². The average molecular weight is 477 g/mol. The summed E-state index contributed by atoms with van der Waals surface area (Å²) in [7, 11) is 0. The Morgan fingerprint density at radius 3 is 2.49 bits per heavy atom. The normalized spacial score (nSPS) is 21.1. The SMILES string of the molecule is C[C@@H]1CC(C)(C)[C@@](C)(c2cncc(-c3nc(CN)co3)n2)c2nnc(-c3c(F)cccc3F)cc21. The van der Waals surface area contributed by atoms with E-state index in [1.54, 1.807) is 18.5 Å². The summed E-state index contributed by atoms with van der Waals surface area (Å²) in [5.41, 5.74) is 8.05. The highest BCUT2D eigenvalue weighted by molar-refractivity contribution is 5.62. The standard InChI is InChI=1S/C26H26F2N6O/c1-14-9-25(2,3)26(4,21-12-30-11-20(32-21)24-31-15(10-29)13-35-24)23-16(14)8-19(33-34-23)22-17(27)6-5-7-18(22)28/h5-8,11-14H,9-10,29H2,1-4H3/t14-,26+/m1/s1. The van der Waals surface area contributed by atoms with E-state index in [1.807, 2.05) is 0 Å². The van der Waals surface area contributed by atoms with Crippen molar-refractivity contribution in [2.45, 2.75) is 52.0 Å². The number of rotatable bonds is 4. The first-order chi connectivity index (χ1) is 16.7. The van der Waals surface area contributed by atoms with Crippen LogP contribution in [-0.4, -0.2) is 25.1 Å². The van der Waals surface area contributed by atoms with Crippen LogP contribution in [0.25, 0.3) is 22.8 Å². The Morgan fingerprint density at radius 2 is 1.80 bits per heavy atom. The van der Waals surface area contributed by atoms with Crippen molar-refractivity contribution in [3.8, 4) is 22.8 Å². The highest BCUT2D eigenvalue weighted by Crippen LogP contribution is 2.56. The molecule has 0 radical (unpaired) electrons. The first-order valence-corrected chi connectivity index (χ1v) is 11.5. The number of hydrogen-bond donors (Lipinski definition) is 1. The van der Waals surface area contributed by atoms with E-state index in [0.29, 0.717) is 28.7 Å². The lowest BCUT2D eigenvalue weighted by atomic mass is 9.54. The molecular weight excluding hydrogens is 450 g/mol. The van der Waals surface area contributed by atoms with Crippen LogP contribution in [0.4, 0.5) is 8.78 Å². The van der Waals surface area contributed by atoms with Crippen LogP contribution in [0.2, 0.25) is 0 Å². The zero-order chi connectivity index (χ0) is 25.0. The van der Waals surface area contributed by atoms with E-state index in [1.165, 1.54) is 24.5 Å². The molecule has 0 saturated heterocycles. The Morgan fingerprint density at radius 1 is 1.06 bits per heavy atom. The number of aromatic nitrogens is 5. The second-order valence-electron chi connectivity index (χ2n) is 9.88. The van der Waals surface area contributed by atoms with E-state index in [0.717, 1.165) is 12.0 Å². The molecule has 0 fully saturated rings. The smallest absolute Gasteiger partial charge is 0.246 e. The van der Waals surface area contributed by atoms with E-state index in [2.05, 4.69) is 47.9 Å². The zero-order valence-electron chi connectivity index (χ0n) is 20.0. The molecule has 1 aliphatic carbocycles. The molecule has 7 nitrogen and oxygen atoms in total. The van der Waals surface area contributed by atoms with Gasteiger partial charge in [-0.2, -0.15) is 5.10 Å². The van der Waals surface area contributed by atoms with E-state index in [-0.39, 0.29) is 29.1 Å². The maximum atomic E-state index is 14.5. The first-order valence-electron chi connectivity index (χ1n) is 11.5. The summed E-state index contributed by atoms with van der Waals surface area (Å²) in [4.78, 5) is 13.7. The van der Waals surface area contributed by atoms with Crippen LogP contribution in [0.1, 0.15) is 62.7 Å². The molecule has 0 saturated carbocycles. The zero-order valence-corrected chi connectivity index (χ0v) is 20.0. The molecular formula is C26H26F2N6O. The van der Waals surface area contributed by atoms with Crippen molar-refractivity contribution in [3.05, 3.63) is 77.2 Å². The molecule has 0 aliphatic heterocycles. The van der Waals surface area contributed by atoms with Crippen molar-refractivity contribution in [2.24, 2.45) is 11.1 Å². The Hall–Kier alpha value is -3.59. The topological polar surface area (TPSA) is 104 Å². The summed E-state index contributed by atoms with van der Waals surface area (Å²) in [5.74, 6) is -0.923. The number of nitrogens with two attached hydrogens (primary N) is 1. The van der Waals surface area contributed by atoms with Crippen LogP contribution in [0, 0.1) is 17.0 Å². The van der Waals surface area contributed by atoms with Crippen LogP contribution in [0.3, 0.4) is 0 Å². The van der Waals surface area contributed by atoms with Gasteiger partial charge in [0.25, 0.3) is 0 Å². The van der Waals surface area contributed by atoms with Gasteiger partial charge in [0.05, 0.1) is 40.0 Å². The molecule has 0 amide bonds. The van der Waals surface area contributed by atoms with Gasteiger partial charge in [0.15, 0.2) is 0 Å². The third-order valence-corrected chi connectivity index (χ3v) is 7.34. The number of fused-ring (bicyclic) bond motifs is 1. The van der Waals surface area contributed by atoms with Gasteiger partial charge in [-0.25, -0.2) is 18.7 Å². The molecule has 2 N–H and O–H groups in total. The maximum absolute atomic E-state index is 14.5. The molecule has 1 aliphatic rings. The lowest BCUT2D eigenvalue weighted by molar-refractivity contribution is 0.158. The van der Waals surface area contributed by atoms with Crippen molar-refractivity contribution in [1.29, 1.82) is 0 Å². The Balaban J connectivity index is 1.67. The molecule has 4 aromatic rings. The average Bonchev–Trinajstić information content (AvgIpc) is 3.32. The van der Waals surface area contributed by atoms with Gasteiger partial charge in [0.1, 0.15) is 23.6 Å². The van der Waals surface area contributed by atoms with E-state index in [4.69, 9.17) is 15.1 Å². The van der Waals surface area contributed by atoms with Gasteiger partial charge in [0, 0.05) is 12.7 Å². The number of oxazole rings is 1. The van der Waals surface area contributed by atoms with Gasteiger partial charge in [-0.15, -0.1) is 5.10 Å². The summed E-state index contributed by atoms with van der Waals surface area (Å²) in [6.07, 6.45) is 5.60. The quantitative estimate of drug-likeness (QED) is 0.434. The number of benzene rings is 1. The molecule has 5 rings (SSSR count). The van der Waals surface area contributed by atoms with Crippen molar-refractivity contribution in [1.82, 2.24) is 25.1 Å². The minimum atomic E-state index is -0.694. The van der Waals surface area contributed by atoms with Crippen LogP contribution in [-0.2, 0) is 12.0 Å². The van der Waals surface area contributed by atoms with Crippen molar-refractivity contribution in [3.63, 3.8) is 0 Å². The summed E-state index contributed by atoms with van der Waals surface area (Å²) in [6, 6.07) is 5.52. The fourth-order valence-corrected chi connectivity index (χ4v) is 5.13. The fraction of sp³-hybridized carbons (Fsp3) is 0.346. The third kappa shape index (κ3) is 3.61. The lowest BCUT2D eigenvalue weighted by Crippen LogP contribution is -2.47. The lowest BCUT2D eigenvalue weighted by Gasteiger charge is -2.49. The summed E-state index contributed by atoms with van der Waals surface area (Å²) >= 11 is 0. The summed E-state index contributed by atoms with van der Waals surface area (Å²) in [6.45, 7) is 8.72. The molecule has 0 bridgehead atoms. The second kappa shape index (κ2) is 8.27. The second-order valence-corrected chi connectivity index (χ2v) is 9.88. The van der Waals surface area contributed by atoms with Crippen molar-refractivity contribution >= 4 is 0 Å². The molecule has 3 aromatic heterocycles. The van der Waals surface area contributed by atoms with Crippen LogP contribution in [0.5, 0.6) is 0 Å². The molecule has 0 spiro atoms. The minimum absolute atomic E-state index is 0.0900. The molecule has 1 aromatic carbocycles. The van der Waals surface area contributed by atoms with E-state index >= 15 is 0 Å².